The number of carbonyl (C=O) groups excluding carboxylic acids is 1. The third-order valence-corrected chi connectivity index (χ3v) is 8.82. The standard InChI is InChI=1S/C33H32ClFN4O3S/c1-21-29(31(40)42-26-10-3-2-4-11-26)30(23-9-7-12-27(18-23)41-19-22-14-16-25(34)17-15-22)39-32(36-21)37-33(38-39)43-20-24-8-5-6-13-28(24)35/h5-9,12-18,26,30H,2-4,10-11,19-20H2,1H3,(H,36,37,38). The molecule has 1 aliphatic carbocycles. The Morgan fingerprint density at radius 2 is 1.86 bits per heavy atom. The molecule has 0 amide bonds. The van der Waals surface area contributed by atoms with Gasteiger partial charge in [-0.25, -0.2) is 13.9 Å². The van der Waals surface area contributed by atoms with E-state index in [0.29, 0.717) is 51.1 Å². The second-order valence-electron chi connectivity index (χ2n) is 10.8. The molecule has 1 aromatic heterocycles. The minimum atomic E-state index is -0.596. The highest BCUT2D eigenvalue weighted by Crippen LogP contribution is 2.39. The van der Waals surface area contributed by atoms with Crippen molar-refractivity contribution in [1.82, 2.24) is 14.8 Å². The first-order valence-corrected chi connectivity index (χ1v) is 15.8. The van der Waals surface area contributed by atoms with Crippen LogP contribution in [0.4, 0.5) is 10.3 Å². The van der Waals surface area contributed by atoms with Crippen LogP contribution in [0, 0.1) is 5.82 Å². The van der Waals surface area contributed by atoms with Gasteiger partial charge in [-0.2, -0.15) is 4.98 Å². The molecule has 1 atom stereocenters. The minimum Gasteiger partial charge on any atom is -0.489 e. The fourth-order valence-corrected chi connectivity index (χ4v) is 6.38. The minimum absolute atomic E-state index is 0.0970. The van der Waals surface area contributed by atoms with E-state index in [-0.39, 0.29) is 17.9 Å². The fourth-order valence-electron chi connectivity index (χ4n) is 5.44. The predicted octanol–water partition coefficient (Wildman–Crippen LogP) is 8.11. The monoisotopic (exact) mass is 618 g/mol. The average Bonchev–Trinajstić information content (AvgIpc) is 3.42. The maximum atomic E-state index is 14.3. The Bertz CT molecular complexity index is 1640. The summed E-state index contributed by atoms with van der Waals surface area (Å²) in [5.74, 6) is 0.893. The molecule has 1 fully saturated rings. The summed E-state index contributed by atoms with van der Waals surface area (Å²) in [5.41, 5.74) is 3.50. The van der Waals surface area contributed by atoms with Crippen LogP contribution in [0.25, 0.3) is 0 Å². The molecule has 10 heteroatoms. The molecule has 43 heavy (non-hydrogen) atoms. The molecule has 3 aromatic carbocycles. The molecule has 0 bridgehead atoms. The van der Waals surface area contributed by atoms with Gasteiger partial charge < -0.3 is 14.8 Å². The normalized spacial score (nSPS) is 16.9. The molecular formula is C33H32ClFN4O3S. The highest BCUT2D eigenvalue weighted by molar-refractivity contribution is 7.98. The van der Waals surface area contributed by atoms with Gasteiger partial charge in [-0.05, 0) is 79.6 Å². The van der Waals surface area contributed by atoms with Gasteiger partial charge in [0.05, 0.1) is 5.57 Å². The summed E-state index contributed by atoms with van der Waals surface area (Å²) in [6, 6.07) is 21.2. The number of benzene rings is 3. The molecule has 1 N–H and O–H groups in total. The summed E-state index contributed by atoms with van der Waals surface area (Å²) in [7, 11) is 0. The number of rotatable bonds is 9. The SMILES string of the molecule is CC1=C(C(=O)OC2CCCCC2)C(c2cccc(OCc3ccc(Cl)cc3)c2)n2nc(SCc3ccccc3F)nc2N1. The summed E-state index contributed by atoms with van der Waals surface area (Å²) >= 11 is 7.37. The number of thioether (sulfide) groups is 1. The van der Waals surface area contributed by atoms with Gasteiger partial charge in [0.25, 0.3) is 0 Å². The van der Waals surface area contributed by atoms with Crippen molar-refractivity contribution in [2.45, 2.75) is 68.7 Å². The van der Waals surface area contributed by atoms with Crippen LogP contribution in [-0.2, 0) is 21.9 Å². The molecule has 1 aliphatic heterocycles. The fraction of sp³-hybridized carbons (Fsp3) is 0.303. The molecule has 2 heterocycles. The highest BCUT2D eigenvalue weighted by atomic mass is 35.5. The maximum absolute atomic E-state index is 14.3. The first-order chi connectivity index (χ1) is 20.9. The number of ether oxygens (including phenoxy) is 2. The van der Waals surface area contributed by atoms with E-state index in [2.05, 4.69) is 10.3 Å². The Kier molecular flexibility index (Phi) is 9.00. The Balaban J connectivity index is 1.30. The van der Waals surface area contributed by atoms with E-state index in [0.717, 1.165) is 36.8 Å². The van der Waals surface area contributed by atoms with E-state index in [1.807, 2.05) is 61.5 Å². The van der Waals surface area contributed by atoms with Gasteiger partial charge in [0.15, 0.2) is 0 Å². The smallest absolute Gasteiger partial charge is 0.338 e. The number of hydrogen-bond acceptors (Lipinski definition) is 7. The number of nitrogens with zero attached hydrogens (tertiary/aromatic N) is 3. The van der Waals surface area contributed by atoms with Crippen LogP contribution in [0.3, 0.4) is 0 Å². The molecule has 6 rings (SSSR count). The Morgan fingerprint density at radius 3 is 2.65 bits per heavy atom. The molecule has 1 saturated carbocycles. The molecule has 0 radical (unpaired) electrons. The van der Waals surface area contributed by atoms with Crippen LogP contribution in [0.5, 0.6) is 5.75 Å². The van der Waals surface area contributed by atoms with Gasteiger partial charge in [0.2, 0.25) is 11.1 Å². The second-order valence-corrected chi connectivity index (χ2v) is 12.1. The molecule has 7 nitrogen and oxygen atoms in total. The van der Waals surface area contributed by atoms with E-state index in [9.17, 15) is 9.18 Å². The number of carbonyl (C=O) groups is 1. The molecule has 222 valence electrons. The summed E-state index contributed by atoms with van der Waals surface area (Å²) in [4.78, 5) is 18.5. The van der Waals surface area contributed by atoms with Crippen LogP contribution in [0.15, 0.2) is 89.2 Å². The summed E-state index contributed by atoms with van der Waals surface area (Å²) in [6.07, 6.45) is 4.92. The van der Waals surface area contributed by atoms with Gasteiger partial charge in [0, 0.05) is 16.5 Å². The molecule has 2 aliphatic rings. The number of nitrogens with one attached hydrogen (secondary N) is 1. The van der Waals surface area contributed by atoms with Crippen molar-refractivity contribution in [1.29, 1.82) is 0 Å². The predicted molar refractivity (Wildman–Crippen MR) is 166 cm³/mol. The van der Waals surface area contributed by atoms with E-state index < -0.39 is 6.04 Å². The largest absolute Gasteiger partial charge is 0.489 e. The van der Waals surface area contributed by atoms with Crippen molar-refractivity contribution in [2.24, 2.45) is 0 Å². The van der Waals surface area contributed by atoms with E-state index in [1.165, 1.54) is 24.2 Å². The zero-order chi connectivity index (χ0) is 29.8. The van der Waals surface area contributed by atoms with Crippen molar-refractivity contribution in [2.75, 3.05) is 5.32 Å². The lowest BCUT2D eigenvalue weighted by atomic mass is 9.94. The summed E-state index contributed by atoms with van der Waals surface area (Å²) < 4.78 is 28.2. The van der Waals surface area contributed by atoms with Crippen LogP contribution < -0.4 is 10.1 Å². The van der Waals surface area contributed by atoms with Crippen LogP contribution >= 0.6 is 23.4 Å². The second kappa shape index (κ2) is 13.2. The van der Waals surface area contributed by atoms with Crippen LogP contribution in [0.1, 0.15) is 61.8 Å². The van der Waals surface area contributed by atoms with Crippen molar-refractivity contribution in [3.63, 3.8) is 0 Å². The van der Waals surface area contributed by atoms with E-state index in [1.54, 1.807) is 16.8 Å². The van der Waals surface area contributed by atoms with Gasteiger partial charge in [-0.1, -0.05) is 72.2 Å². The van der Waals surface area contributed by atoms with Gasteiger partial charge in [-0.3, -0.25) is 0 Å². The zero-order valence-electron chi connectivity index (χ0n) is 23.8. The van der Waals surface area contributed by atoms with Crippen molar-refractivity contribution in [3.05, 3.63) is 112 Å². The zero-order valence-corrected chi connectivity index (χ0v) is 25.3. The summed E-state index contributed by atoms with van der Waals surface area (Å²) in [5, 5.41) is 9.19. The van der Waals surface area contributed by atoms with Crippen molar-refractivity contribution < 1.29 is 18.7 Å². The number of anilines is 1. The van der Waals surface area contributed by atoms with Crippen LogP contribution in [0.2, 0.25) is 5.02 Å². The molecular weight excluding hydrogens is 587 g/mol. The third kappa shape index (κ3) is 6.89. The first kappa shape index (κ1) is 29.3. The van der Waals surface area contributed by atoms with Gasteiger partial charge in [0.1, 0.15) is 30.3 Å². The quantitative estimate of drug-likeness (QED) is 0.150. The molecule has 1 unspecified atom stereocenters. The molecule has 0 spiro atoms. The maximum Gasteiger partial charge on any atom is 0.338 e. The van der Waals surface area contributed by atoms with Crippen molar-refractivity contribution in [3.8, 4) is 5.75 Å². The van der Waals surface area contributed by atoms with Gasteiger partial charge in [-0.15, -0.1) is 5.10 Å². The first-order valence-electron chi connectivity index (χ1n) is 14.4. The van der Waals surface area contributed by atoms with Gasteiger partial charge >= 0.3 is 5.97 Å². The Labute approximate surface area is 259 Å². The lowest BCUT2D eigenvalue weighted by molar-refractivity contribution is -0.146. The van der Waals surface area contributed by atoms with Crippen LogP contribution in [-0.4, -0.2) is 26.8 Å². The van der Waals surface area contributed by atoms with E-state index >= 15 is 0 Å². The number of esters is 1. The van der Waals surface area contributed by atoms with Crippen molar-refractivity contribution >= 4 is 35.3 Å². The Morgan fingerprint density at radius 1 is 1.07 bits per heavy atom. The topological polar surface area (TPSA) is 78.3 Å². The number of fused-ring (bicyclic) bond motifs is 1. The highest BCUT2D eigenvalue weighted by Gasteiger charge is 2.36. The summed E-state index contributed by atoms with van der Waals surface area (Å²) in [6.45, 7) is 2.22. The lowest BCUT2D eigenvalue weighted by Gasteiger charge is -2.30. The number of halogens is 2. The lowest BCUT2D eigenvalue weighted by Crippen LogP contribution is -2.32. The third-order valence-electron chi connectivity index (χ3n) is 7.69. The molecule has 0 saturated heterocycles. The number of aromatic nitrogens is 3. The molecule has 4 aromatic rings. The number of hydrogen-bond donors (Lipinski definition) is 1. The Hall–Kier alpha value is -3.82. The van der Waals surface area contributed by atoms with E-state index in [4.69, 9.17) is 26.2 Å². The average molecular weight is 619 g/mol. The number of allylic oxidation sites excluding steroid dienone is 1.